The van der Waals surface area contributed by atoms with Crippen molar-refractivity contribution in [3.8, 4) is 5.75 Å². The van der Waals surface area contributed by atoms with Crippen LogP contribution < -0.4 is 14.8 Å². The van der Waals surface area contributed by atoms with Crippen LogP contribution in [0.15, 0.2) is 83.8 Å². The molecule has 2 N–H and O–H groups in total. The van der Waals surface area contributed by atoms with Crippen molar-refractivity contribution >= 4 is 39.1 Å². The van der Waals surface area contributed by atoms with E-state index in [1.165, 1.54) is 55.7 Å². The van der Waals surface area contributed by atoms with Crippen molar-refractivity contribution < 1.29 is 22.9 Å². The molecular weight excluding hydrogens is 434 g/mol. The van der Waals surface area contributed by atoms with Crippen LogP contribution >= 0.6 is 0 Å². The monoisotopic (exact) mass is 453 g/mol. The van der Waals surface area contributed by atoms with Gasteiger partial charge in [0.15, 0.2) is 0 Å². The molecule has 0 aliphatic heterocycles. The Bertz CT molecular complexity index is 1290. The molecule has 0 heterocycles. The van der Waals surface area contributed by atoms with Crippen LogP contribution in [0, 0.1) is 10.1 Å². The van der Waals surface area contributed by atoms with Gasteiger partial charge >= 0.3 is 0 Å². The van der Waals surface area contributed by atoms with Crippen LogP contribution in [0.1, 0.15) is 5.56 Å². The van der Waals surface area contributed by atoms with Gasteiger partial charge in [-0.05, 0) is 42.5 Å². The highest BCUT2D eigenvalue weighted by molar-refractivity contribution is 7.92. The summed E-state index contributed by atoms with van der Waals surface area (Å²) in [4.78, 5) is 22.7. The smallest absolute Gasteiger partial charge is 0.276 e. The van der Waals surface area contributed by atoms with Gasteiger partial charge in [0.05, 0.1) is 28.2 Å². The summed E-state index contributed by atoms with van der Waals surface area (Å²) >= 11 is 0. The highest BCUT2D eigenvalue weighted by Crippen LogP contribution is 2.27. The quantitative estimate of drug-likeness (QED) is 0.301. The third-order valence-corrected chi connectivity index (χ3v) is 5.67. The Kier molecular flexibility index (Phi) is 6.86. The van der Waals surface area contributed by atoms with Gasteiger partial charge in [-0.15, -0.1) is 0 Å². The third-order valence-electron chi connectivity index (χ3n) is 4.31. The number of nitro groups is 1. The van der Waals surface area contributed by atoms with E-state index in [2.05, 4.69) is 10.0 Å². The molecule has 0 fully saturated rings. The summed E-state index contributed by atoms with van der Waals surface area (Å²) in [6.07, 6.45) is 2.45. The molecule has 0 aliphatic rings. The summed E-state index contributed by atoms with van der Waals surface area (Å²) in [5.74, 6) is -0.212. The minimum atomic E-state index is -3.95. The van der Waals surface area contributed by atoms with Gasteiger partial charge in [-0.25, -0.2) is 8.42 Å². The van der Waals surface area contributed by atoms with Crippen molar-refractivity contribution in [1.29, 1.82) is 0 Å². The molecule has 0 spiro atoms. The first kappa shape index (κ1) is 22.5. The largest absolute Gasteiger partial charge is 0.495 e. The Morgan fingerprint density at radius 3 is 2.50 bits per heavy atom. The number of hydrogen-bond acceptors (Lipinski definition) is 6. The Morgan fingerprint density at radius 1 is 1.03 bits per heavy atom. The first-order valence-corrected chi connectivity index (χ1v) is 10.8. The lowest BCUT2D eigenvalue weighted by Crippen LogP contribution is -2.14. The van der Waals surface area contributed by atoms with Crippen molar-refractivity contribution in [2.45, 2.75) is 4.90 Å². The van der Waals surface area contributed by atoms with Crippen molar-refractivity contribution in [3.05, 3.63) is 94.6 Å². The van der Waals surface area contributed by atoms with Crippen LogP contribution in [0.5, 0.6) is 5.75 Å². The van der Waals surface area contributed by atoms with E-state index in [9.17, 15) is 23.3 Å². The molecule has 0 atom stereocenters. The van der Waals surface area contributed by atoms with Gasteiger partial charge in [-0.1, -0.05) is 30.3 Å². The molecule has 32 heavy (non-hydrogen) atoms. The zero-order valence-electron chi connectivity index (χ0n) is 16.9. The predicted molar refractivity (Wildman–Crippen MR) is 121 cm³/mol. The van der Waals surface area contributed by atoms with Gasteiger partial charge < -0.3 is 10.1 Å². The first-order valence-electron chi connectivity index (χ1n) is 9.28. The highest BCUT2D eigenvalue weighted by Gasteiger charge is 2.17. The van der Waals surface area contributed by atoms with Crippen LogP contribution in [-0.2, 0) is 14.8 Å². The fourth-order valence-corrected chi connectivity index (χ4v) is 3.93. The second-order valence-corrected chi connectivity index (χ2v) is 8.15. The van der Waals surface area contributed by atoms with Crippen molar-refractivity contribution in [2.24, 2.45) is 0 Å². The molecule has 0 saturated heterocycles. The second kappa shape index (κ2) is 9.75. The molecule has 0 aliphatic carbocycles. The number of para-hydroxylation sites is 3. The summed E-state index contributed by atoms with van der Waals surface area (Å²) in [5, 5.41) is 13.6. The molecule has 9 nitrogen and oxygen atoms in total. The molecule has 3 aromatic rings. The maximum absolute atomic E-state index is 12.8. The maximum Gasteiger partial charge on any atom is 0.276 e. The molecule has 0 bridgehead atoms. The van der Waals surface area contributed by atoms with E-state index in [-0.39, 0.29) is 27.5 Å². The third kappa shape index (κ3) is 5.49. The predicted octanol–water partition coefficient (Wildman–Crippen LogP) is 4.06. The number of nitro benzene ring substituents is 1. The molecule has 164 valence electrons. The number of rotatable bonds is 8. The molecule has 0 aromatic heterocycles. The minimum absolute atomic E-state index is 0.0658. The lowest BCUT2D eigenvalue weighted by molar-refractivity contribution is -0.385. The molecular formula is C22H19N3O6S. The molecule has 0 radical (unpaired) electrons. The number of ether oxygens (including phenoxy) is 1. The van der Waals surface area contributed by atoms with Crippen LogP contribution in [0.3, 0.4) is 0 Å². The van der Waals surface area contributed by atoms with E-state index in [0.717, 1.165) is 6.08 Å². The van der Waals surface area contributed by atoms with Gasteiger partial charge in [0.25, 0.3) is 15.7 Å². The average molecular weight is 453 g/mol. The van der Waals surface area contributed by atoms with E-state index >= 15 is 0 Å². The molecule has 0 saturated carbocycles. The van der Waals surface area contributed by atoms with E-state index in [0.29, 0.717) is 5.75 Å². The number of amides is 1. The number of nitrogens with one attached hydrogen (secondary N) is 2. The van der Waals surface area contributed by atoms with E-state index in [1.54, 1.807) is 30.3 Å². The Balaban J connectivity index is 1.76. The van der Waals surface area contributed by atoms with Crippen LogP contribution in [-0.4, -0.2) is 26.4 Å². The van der Waals surface area contributed by atoms with E-state index in [4.69, 9.17) is 4.74 Å². The Labute approximate surface area is 184 Å². The van der Waals surface area contributed by atoms with Crippen LogP contribution in [0.25, 0.3) is 6.08 Å². The number of hydrogen-bond donors (Lipinski definition) is 2. The summed E-state index contributed by atoms with van der Waals surface area (Å²) in [6, 6.07) is 18.3. The minimum Gasteiger partial charge on any atom is -0.495 e. The van der Waals surface area contributed by atoms with Gasteiger partial charge in [0, 0.05) is 17.8 Å². The first-order chi connectivity index (χ1) is 15.3. The van der Waals surface area contributed by atoms with E-state index in [1.807, 2.05) is 0 Å². The number of sulfonamides is 1. The summed E-state index contributed by atoms with van der Waals surface area (Å²) in [6.45, 7) is 0. The number of carbonyl (C=O) groups is 1. The number of methoxy groups -OCH3 is 1. The normalized spacial score (nSPS) is 11.2. The lowest BCUT2D eigenvalue weighted by atomic mass is 10.1. The fourth-order valence-electron chi connectivity index (χ4n) is 2.82. The zero-order chi connectivity index (χ0) is 23.1. The zero-order valence-corrected chi connectivity index (χ0v) is 17.7. The van der Waals surface area contributed by atoms with Crippen molar-refractivity contribution in [2.75, 3.05) is 17.1 Å². The standard InChI is InChI=1S/C22H19N3O6S/c1-31-21-12-5-3-10-19(21)24-32(29,30)18-9-6-8-17(15-18)23-22(26)14-13-16-7-2-4-11-20(16)25(27)28/h2-15,24H,1H3,(H,23,26)/b14-13+. The number of benzene rings is 3. The molecule has 3 rings (SSSR count). The molecule has 10 heteroatoms. The van der Waals surface area contributed by atoms with Gasteiger partial charge in [-0.2, -0.15) is 0 Å². The summed E-state index contributed by atoms with van der Waals surface area (Å²) in [5.41, 5.74) is 0.652. The Morgan fingerprint density at radius 2 is 1.75 bits per heavy atom. The number of anilines is 2. The fraction of sp³-hybridized carbons (Fsp3) is 0.0455. The highest BCUT2D eigenvalue weighted by atomic mass is 32.2. The summed E-state index contributed by atoms with van der Waals surface area (Å²) in [7, 11) is -2.52. The second-order valence-electron chi connectivity index (χ2n) is 6.47. The van der Waals surface area contributed by atoms with E-state index < -0.39 is 20.9 Å². The SMILES string of the molecule is COc1ccccc1NS(=O)(=O)c1cccc(NC(=O)/C=C/c2ccccc2[N+](=O)[O-])c1. The number of nitrogens with zero attached hydrogens (tertiary/aromatic N) is 1. The lowest BCUT2D eigenvalue weighted by Gasteiger charge is -2.12. The van der Waals surface area contributed by atoms with Gasteiger partial charge in [0.2, 0.25) is 5.91 Å². The molecule has 3 aromatic carbocycles. The summed E-state index contributed by atoms with van der Waals surface area (Å²) < 4.78 is 33.1. The molecule has 1 amide bonds. The average Bonchev–Trinajstić information content (AvgIpc) is 2.78. The van der Waals surface area contributed by atoms with Crippen molar-refractivity contribution in [1.82, 2.24) is 0 Å². The topological polar surface area (TPSA) is 128 Å². The van der Waals surface area contributed by atoms with Gasteiger partial charge in [0.1, 0.15) is 5.75 Å². The molecule has 0 unspecified atom stereocenters. The van der Waals surface area contributed by atoms with Crippen molar-refractivity contribution in [3.63, 3.8) is 0 Å². The maximum atomic E-state index is 12.8. The Hall–Kier alpha value is -4.18. The van der Waals surface area contributed by atoms with Gasteiger partial charge in [-0.3, -0.25) is 19.6 Å². The van der Waals surface area contributed by atoms with Crippen LogP contribution in [0.4, 0.5) is 17.1 Å². The number of carbonyl (C=O) groups excluding carboxylic acids is 1. The van der Waals surface area contributed by atoms with Crippen LogP contribution in [0.2, 0.25) is 0 Å².